The van der Waals surface area contributed by atoms with Crippen molar-refractivity contribution >= 4 is 0 Å². The van der Waals surface area contributed by atoms with E-state index < -0.39 is 0 Å². The van der Waals surface area contributed by atoms with E-state index in [-0.39, 0.29) is 0 Å². The molecule has 0 amide bonds. The standard InChI is InChI=1S/C17H28N2O/c1-4-18-11-14(2)17-7-5-16(6-8-17)12-19-9-10-20-13-15(19)3/h5-8,14-15,18H,4,9-13H2,1-3H3. The minimum absolute atomic E-state index is 0.524. The van der Waals surface area contributed by atoms with Crippen molar-refractivity contribution in [3.05, 3.63) is 35.4 Å². The minimum atomic E-state index is 0.524. The second kappa shape index (κ2) is 7.77. The molecule has 3 heteroatoms. The first-order valence-corrected chi connectivity index (χ1v) is 7.82. The third-order valence-electron chi connectivity index (χ3n) is 4.14. The summed E-state index contributed by atoms with van der Waals surface area (Å²) >= 11 is 0. The lowest BCUT2D eigenvalue weighted by Crippen LogP contribution is -2.42. The van der Waals surface area contributed by atoms with Gasteiger partial charge in [-0.3, -0.25) is 4.90 Å². The van der Waals surface area contributed by atoms with Crippen molar-refractivity contribution < 1.29 is 4.74 Å². The van der Waals surface area contributed by atoms with E-state index in [1.807, 2.05) is 0 Å². The van der Waals surface area contributed by atoms with Crippen LogP contribution in [0, 0.1) is 0 Å². The fourth-order valence-corrected chi connectivity index (χ4v) is 2.66. The first-order valence-electron chi connectivity index (χ1n) is 7.82. The number of nitrogens with one attached hydrogen (secondary N) is 1. The van der Waals surface area contributed by atoms with E-state index in [4.69, 9.17) is 4.74 Å². The van der Waals surface area contributed by atoms with Crippen molar-refractivity contribution in [2.24, 2.45) is 0 Å². The SMILES string of the molecule is CCNCC(C)c1ccc(CN2CCOCC2C)cc1. The molecule has 0 spiro atoms. The van der Waals surface area contributed by atoms with Crippen LogP contribution in [-0.4, -0.2) is 43.8 Å². The fourth-order valence-electron chi connectivity index (χ4n) is 2.66. The topological polar surface area (TPSA) is 24.5 Å². The van der Waals surface area contributed by atoms with Gasteiger partial charge in [-0.25, -0.2) is 0 Å². The summed E-state index contributed by atoms with van der Waals surface area (Å²) in [6.45, 7) is 12.6. The van der Waals surface area contributed by atoms with Gasteiger partial charge in [0, 0.05) is 25.7 Å². The second-order valence-electron chi connectivity index (χ2n) is 5.84. The van der Waals surface area contributed by atoms with Gasteiger partial charge in [0.25, 0.3) is 0 Å². The zero-order valence-electron chi connectivity index (χ0n) is 13.1. The van der Waals surface area contributed by atoms with Crippen molar-refractivity contribution in [3.8, 4) is 0 Å². The number of hydrogen-bond donors (Lipinski definition) is 1. The summed E-state index contributed by atoms with van der Waals surface area (Å²) in [5.74, 6) is 0.575. The van der Waals surface area contributed by atoms with E-state index in [0.29, 0.717) is 12.0 Å². The molecule has 1 aromatic rings. The van der Waals surface area contributed by atoms with Crippen LogP contribution < -0.4 is 5.32 Å². The van der Waals surface area contributed by atoms with Crippen LogP contribution in [0.15, 0.2) is 24.3 Å². The molecule has 0 aliphatic carbocycles. The third-order valence-corrected chi connectivity index (χ3v) is 4.14. The number of rotatable bonds is 6. The number of hydrogen-bond acceptors (Lipinski definition) is 3. The van der Waals surface area contributed by atoms with Crippen molar-refractivity contribution in [1.29, 1.82) is 0 Å². The molecule has 1 heterocycles. The highest BCUT2D eigenvalue weighted by Crippen LogP contribution is 2.17. The Bertz CT molecular complexity index is 390. The Morgan fingerprint density at radius 3 is 2.75 bits per heavy atom. The molecule has 2 rings (SSSR count). The van der Waals surface area contributed by atoms with E-state index >= 15 is 0 Å². The van der Waals surface area contributed by atoms with Crippen molar-refractivity contribution in [3.63, 3.8) is 0 Å². The Kier molecular flexibility index (Phi) is 6.02. The number of morpholine rings is 1. The van der Waals surface area contributed by atoms with E-state index in [0.717, 1.165) is 39.4 Å². The molecule has 0 bridgehead atoms. The fraction of sp³-hybridized carbons (Fsp3) is 0.647. The molecule has 20 heavy (non-hydrogen) atoms. The van der Waals surface area contributed by atoms with Crippen molar-refractivity contribution in [2.75, 3.05) is 32.8 Å². The van der Waals surface area contributed by atoms with Gasteiger partial charge in [-0.2, -0.15) is 0 Å². The minimum Gasteiger partial charge on any atom is -0.379 e. The highest BCUT2D eigenvalue weighted by Gasteiger charge is 2.18. The maximum absolute atomic E-state index is 5.49. The molecule has 1 aromatic carbocycles. The van der Waals surface area contributed by atoms with Crippen LogP contribution in [0.1, 0.15) is 37.8 Å². The Morgan fingerprint density at radius 1 is 1.35 bits per heavy atom. The van der Waals surface area contributed by atoms with Crippen LogP contribution in [0.4, 0.5) is 0 Å². The molecule has 2 atom stereocenters. The average Bonchev–Trinajstić information content (AvgIpc) is 2.48. The molecule has 1 aliphatic heterocycles. The van der Waals surface area contributed by atoms with Crippen LogP contribution in [0.3, 0.4) is 0 Å². The maximum atomic E-state index is 5.49. The van der Waals surface area contributed by atoms with Gasteiger partial charge in [0.1, 0.15) is 0 Å². The number of likely N-dealkylation sites (N-methyl/N-ethyl adjacent to an activating group) is 1. The van der Waals surface area contributed by atoms with E-state index in [9.17, 15) is 0 Å². The lowest BCUT2D eigenvalue weighted by Gasteiger charge is -2.33. The molecule has 112 valence electrons. The van der Waals surface area contributed by atoms with Gasteiger partial charge in [0.2, 0.25) is 0 Å². The smallest absolute Gasteiger partial charge is 0.0619 e. The normalized spacial score (nSPS) is 21.9. The zero-order valence-corrected chi connectivity index (χ0v) is 13.1. The van der Waals surface area contributed by atoms with Crippen LogP contribution in [-0.2, 0) is 11.3 Å². The quantitative estimate of drug-likeness (QED) is 0.864. The monoisotopic (exact) mass is 276 g/mol. The van der Waals surface area contributed by atoms with Gasteiger partial charge in [-0.1, -0.05) is 38.1 Å². The Morgan fingerprint density at radius 2 is 2.10 bits per heavy atom. The van der Waals surface area contributed by atoms with Gasteiger partial charge in [-0.05, 0) is 30.5 Å². The van der Waals surface area contributed by atoms with Gasteiger partial charge in [0.05, 0.1) is 13.2 Å². The summed E-state index contributed by atoms with van der Waals surface area (Å²) in [4.78, 5) is 2.50. The summed E-state index contributed by atoms with van der Waals surface area (Å²) in [5.41, 5.74) is 2.82. The van der Waals surface area contributed by atoms with Crippen molar-refractivity contribution in [2.45, 2.75) is 39.3 Å². The van der Waals surface area contributed by atoms with E-state index in [1.54, 1.807) is 0 Å². The average molecular weight is 276 g/mol. The lowest BCUT2D eigenvalue weighted by atomic mass is 9.99. The Labute approximate surface area is 123 Å². The van der Waals surface area contributed by atoms with E-state index in [2.05, 4.69) is 55.3 Å². The molecule has 1 aliphatic rings. The Hall–Kier alpha value is -0.900. The molecular formula is C17H28N2O. The molecule has 0 aromatic heterocycles. The molecule has 1 fully saturated rings. The van der Waals surface area contributed by atoms with Gasteiger partial charge >= 0.3 is 0 Å². The first-order chi connectivity index (χ1) is 9.70. The molecule has 0 radical (unpaired) electrons. The van der Waals surface area contributed by atoms with Crippen LogP contribution in [0.25, 0.3) is 0 Å². The number of benzene rings is 1. The highest BCUT2D eigenvalue weighted by atomic mass is 16.5. The van der Waals surface area contributed by atoms with E-state index in [1.165, 1.54) is 11.1 Å². The van der Waals surface area contributed by atoms with Crippen LogP contribution in [0.2, 0.25) is 0 Å². The molecule has 1 saturated heterocycles. The third kappa shape index (κ3) is 4.30. The Balaban J connectivity index is 1.90. The molecule has 0 saturated carbocycles. The highest BCUT2D eigenvalue weighted by molar-refractivity contribution is 5.25. The summed E-state index contributed by atoms with van der Waals surface area (Å²) in [6.07, 6.45) is 0. The van der Waals surface area contributed by atoms with Gasteiger partial charge in [-0.15, -0.1) is 0 Å². The second-order valence-corrected chi connectivity index (χ2v) is 5.84. The molecule has 3 nitrogen and oxygen atoms in total. The van der Waals surface area contributed by atoms with Gasteiger partial charge < -0.3 is 10.1 Å². The zero-order chi connectivity index (χ0) is 14.4. The van der Waals surface area contributed by atoms with Crippen molar-refractivity contribution in [1.82, 2.24) is 10.2 Å². The number of ether oxygens (including phenoxy) is 1. The summed E-state index contributed by atoms with van der Waals surface area (Å²) in [5, 5.41) is 3.41. The summed E-state index contributed by atoms with van der Waals surface area (Å²) in [6, 6.07) is 9.64. The number of nitrogens with zero attached hydrogens (tertiary/aromatic N) is 1. The summed E-state index contributed by atoms with van der Waals surface area (Å²) in [7, 11) is 0. The predicted molar refractivity (Wildman–Crippen MR) is 84.1 cm³/mol. The lowest BCUT2D eigenvalue weighted by molar-refractivity contribution is -0.00437. The summed E-state index contributed by atoms with van der Waals surface area (Å²) < 4.78 is 5.49. The molecule has 2 unspecified atom stereocenters. The van der Waals surface area contributed by atoms with Crippen LogP contribution in [0.5, 0.6) is 0 Å². The van der Waals surface area contributed by atoms with Crippen LogP contribution >= 0.6 is 0 Å². The maximum Gasteiger partial charge on any atom is 0.0619 e. The van der Waals surface area contributed by atoms with Gasteiger partial charge in [0.15, 0.2) is 0 Å². The molecule has 1 N–H and O–H groups in total. The largest absolute Gasteiger partial charge is 0.379 e. The predicted octanol–water partition coefficient (Wildman–Crippen LogP) is 2.62. The molecular weight excluding hydrogens is 248 g/mol. The first kappa shape index (κ1) is 15.5.